The first kappa shape index (κ1) is 28.9. The van der Waals surface area contributed by atoms with Crippen LogP contribution in [0.3, 0.4) is 0 Å². The summed E-state index contributed by atoms with van der Waals surface area (Å²) in [5.41, 5.74) is 0. The second kappa shape index (κ2) is 19.4. The molecule has 1 saturated carbocycles. The summed E-state index contributed by atoms with van der Waals surface area (Å²) in [5.74, 6) is 1.06. The molecule has 0 aromatic heterocycles. The average Bonchev–Trinajstić information content (AvgIpc) is 2.86. The first-order chi connectivity index (χ1) is 9.95. The standard InChI is InChI=1S/C10H20O.C8H18N2.CH3.La/c1-11-9-5-4-8-10-6-2-3-7-10;1-6(2)9-8(5)10-7(3)4;;/h10H,2-9H2,1H3;6-8H,1-5H3;1H3;/q;-2;-1;+3. The topological polar surface area (TPSA) is 37.4 Å². The van der Waals surface area contributed by atoms with E-state index in [1.165, 1.54) is 44.9 Å². The maximum atomic E-state index is 5.01. The van der Waals surface area contributed by atoms with Gasteiger partial charge in [-0.3, -0.25) is 0 Å². The van der Waals surface area contributed by atoms with E-state index >= 15 is 0 Å². The third-order valence-corrected chi connectivity index (χ3v) is 3.71. The number of unbranched alkanes of at least 4 members (excludes halogenated alkanes) is 1. The zero-order valence-corrected chi connectivity index (χ0v) is 20.5. The van der Waals surface area contributed by atoms with E-state index in [9.17, 15) is 0 Å². The fourth-order valence-corrected chi connectivity index (χ4v) is 2.88. The minimum atomic E-state index is 0. The molecule has 0 N–H and O–H groups in total. The van der Waals surface area contributed by atoms with Crippen LogP contribution in [0.1, 0.15) is 79.6 Å². The Morgan fingerprint density at radius 3 is 1.78 bits per heavy atom. The molecule has 0 amide bonds. The molecule has 1 rings (SSSR count). The van der Waals surface area contributed by atoms with Crippen LogP contribution in [0.2, 0.25) is 0 Å². The molecule has 23 heavy (non-hydrogen) atoms. The summed E-state index contributed by atoms with van der Waals surface area (Å²) in [4.78, 5) is 0. The van der Waals surface area contributed by atoms with E-state index in [1.54, 1.807) is 7.11 Å². The number of rotatable bonds is 9. The van der Waals surface area contributed by atoms with E-state index < -0.39 is 0 Å². The third-order valence-electron chi connectivity index (χ3n) is 3.71. The molecule has 136 valence electrons. The monoisotopic (exact) mass is 452 g/mol. The van der Waals surface area contributed by atoms with Crippen LogP contribution < -0.4 is 0 Å². The Morgan fingerprint density at radius 2 is 1.39 bits per heavy atom. The molecule has 1 aliphatic carbocycles. The van der Waals surface area contributed by atoms with Gasteiger partial charge in [-0.25, -0.2) is 6.17 Å². The molecule has 4 heteroatoms. The van der Waals surface area contributed by atoms with Gasteiger partial charge in [0.25, 0.3) is 0 Å². The van der Waals surface area contributed by atoms with Crippen LogP contribution >= 0.6 is 0 Å². The van der Waals surface area contributed by atoms with Crippen molar-refractivity contribution in [1.82, 2.24) is 0 Å². The van der Waals surface area contributed by atoms with E-state index in [0.29, 0.717) is 12.1 Å². The Balaban J connectivity index is -0.000000322. The van der Waals surface area contributed by atoms with Crippen LogP contribution in [0, 0.1) is 48.9 Å². The van der Waals surface area contributed by atoms with Crippen LogP contribution in [0.5, 0.6) is 0 Å². The molecule has 0 saturated heterocycles. The van der Waals surface area contributed by atoms with Crippen molar-refractivity contribution in [1.29, 1.82) is 0 Å². The molecule has 0 radical (unpaired) electrons. The molecule has 0 aliphatic heterocycles. The fraction of sp³-hybridized carbons (Fsp3) is 0.947. The van der Waals surface area contributed by atoms with Crippen molar-refractivity contribution in [3.8, 4) is 0 Å². The summed E-state index contributed by atoms with van der Waals surface area (Å²) in [5, 5.41) is 8.70. The van der Waals surface area contributed by atoms with Crippen molar-refractivity contribution in [2.24, 2.45) is 5.92 Å². The van der Waals surface area contributed by atoms with Crippen LogP contribution in [0.4, 0.5) is 0 Å². The summed E-state index contributed by atoms with van der Waals surface area (Å²) < 4.78 is 5.01. The normalized spacial score (nSPS) is 14.5. The second-order valence-electron chi connectivity index (χ2n) is 6.76. The van der Waals surface area contributed by atoms with Crippen molar-refractivity contribution in [2.75, 3.05) is 13.7 Å². The smallest absolute Gasteiger partial charge is 0.676 e. The van der Waals surface area contributed by atoms with Gasteiger partial charge in [0, 0.05) is 13.7 Å². The number of hydrogen-bond donors (Lipinski definition) is 0. The SMILES string of the molecule is CC(C)[N-]C(C)[N-]C(C)C.COCCCCC1CCCC1.[CH3-].[La+3]. The van der Waals surface area contributed by atoms with Crippen LogP contribution in [-0.4, -0.2) is 32.0 Å². The van der Waals surface area contributed by atoms with Gasteiger partial charge in [0.1, 0.15) is 0 Å². The number of methoxy groups -OCH3 is 1. The van der Waals surface area contributed by atoms with Crippen molar-refractivity contribution < 1.29 is 40.3 Å². The van der Waals surface area contributed by atoms with E-state index in [2.05, 4.69) is 38.3 Å². The van der Waals surface area contributed by atoms with Gasteiger partial charge >= 0.3 is 35.6 Å². The van der Waals surface area contributed by atoms with E-state index in [4.69, 9.17) is 4.74 Å². The molecule has 1 aliphatic rings. The minimum absolute atomic E-state index is 0. The van der Waals surface area contributed by atoms with Gasteiger partial charge in [-0.15, -0.1) is 19.0 Å². The van der Waals surface area contributed by atoms with Gasteiger partial charge in [-0.2, -0.15) is 0 Å². The molecule has 0 atom stereocenters. The summed E-state index contributed by atoms with van der Waals surface area (Å²) in [6.45, 7) is 11.3. The molecule has 3 nitrogen and oxygen atoms in total. The van der Waals surface area contributed by atoms with Gasteiger partial charge in [0.15, 0.2) is 0 Å². The van der Waals surface area contributed by atoms with Crippen LogP contribution in [0.15, 0.2) is 0 Å². The molecular weight excluding hydrogens is 411 g/mol. The van der Waals surface area contributed by atoms with Crippen LogP contribution in [0.25, 0.3) is 10.6 Å². The van der Waals surface area contributed by atoms with Gasteiger partial charge in [0.05, 0.1) is 0 Å². The third kappa shape index (κ3) is 21.0. The quantitative estimate of drug-likeness (QED) is 0.297. The summed E-state index contributed by atoms with van der Waals surface area (Å²) >= 11 is 0. The Hall–Kier alpha value is 1.07. The largest absolute Gasteiger partial charge is 3.00 e. The molecule has 0 spiro atoms. The Labute approximate surface area is 175 Å². The first-order valence-corrected chi connectivity index (χ1v) is 8.84. The molecule has 0 aromatic carbocycles. The maximum Gasteiger partial charge on any atom is 3.00 e. The number of hydrogen-bond acceptors (Lipinski definition) is 1. The first-order valence-electron chi connectivity index (χ1n) is 8.84. The Kier molecular flexibility index (Phi) is 24.3. The second-order valence-corrected chi connectivity index (χ2v) is 6.76. The van der Waals surface area contributed by atoms with Crippen molar-refractivity contribution in [3.05, 3.63) is 18.1 Å². The zero-order valence-electron chi connectivity index (χ0n) is 16.8. The van der Waals surface area contributed by atoms with E-state index in [0.717, 1.165) is 12.5 Å². The summed E-state index contributed by atoms with van der Waals surface area (Å²) in [6, 6.07) is 0.801. The fourth-order valence-electron chi connectivity index (χ4n) is 2.88. The van der Waals surface area contributed by atoms with Crippen molar-refractivity contribution in [3.63, 3.8) is 0 Å². The number of ether oxygens (including phenoxy) is 1. The van der Waals surface area contributed by atoms with E-state index in [1.807, 2.05) is 6.92 Å². The molecule has 0 aromatic rings. The van der Waals surface area contributed by atoms with Gasteiger partial charge in [-0.1, -0.05) is 66.2 Å². The van der Waals surface area contributed by atoms with Crippen LogP contribution in [-0.2, 0) is 4.74 Å². The molecule has 0 unspecified atom stereocenters. The van der Waals surface area contributed by atoms with Gasteiger partial charge < -0.3 is 22.8 Å². The summed E-state index contributed by atoms with van der Waals surface area (Å²) in [7, 11) is 1.79. The Morgan fingerprint density at radius 1 is 0.913 bits per heavy atom. The van der Waals surface area contributed by atoms with Crippen molar-refractivity contribution in [2.45, 2.75) is 97.8 Å². The minimum Gasteiger partial charge on any atom is -0.676 e. The summed E-state index contributed by atoms with van der Waals surface area (Å²) in [6.07, 6.45) is 10.2. The van der Waals surface area contributed by atoms with E-state index in [-0.39, 0.29) is 49.2 Å². The maximum absolute atomic E-state index is 5.01. The Bertz CT molecular complexity index is 209. The predicted octanol–water partition coefficient (Wildman–Crippen LogP) is 6.34. The molecular formula is C19H41LaN2O. The number of nitrogens with zero attached hydrogens (tertiary/aromatic N) is 2. The zero-order chi connectivity index (χ0) is 16.1. The van der Waals surface area contributed by atoms with Crippen molar-refractivity contribution >= 4 is 0 Å². The molecule has 1 fully saturated rings. The average molecular weight is 452 g/mol. The van der Waals surface area contributed by atoms with Gasteiger partial charge in [-0.05, 0) is 12.3 Å². The van der Waals surface area contributed by atoms with Gasteiger partial charge in [0.2, 0.25) is 0 Å². The molecule has 0 heterocycles. The predicted molar refractivity (Wildman–Crippen MR) is 101 cm³/mol. The molecule has 0 bridgehead atoms.